The van der Waals surface area contributed by atoms with Crippen molar-refractivity contribution in [3.8, 4) is 5.75 Å². The molecule has 1 aromatic carbocycles. The molecule has 1 unspecified atom stereocenters. The van der Waals surface area contributed by atoms with Gasteiger partial charge in [0.1, 0.15) is 0 Å². The van der Waals surface area contributed by atoms with E-state index in [1.165, 1.54) is 13.2 Å². The third-order valence-electron chi connectivity index (χ3n) is 2.80. The lowest BCUT2D eigenvalue weighted by Gasteiger charge is -2.12. The second-order valence-electron chi connectivity index (χ2n) is 4.18. The van der Waals surface area contributed by atoms with Crippen molar-refractivity contribution in [3.63, 3.8) is 0 Å². The summed E-state index contributed by atoms with van der Waals surface area (Å²) in [4.78, 5) is 4.16. The van der Waals surface area contributed by atoms with Crippen LogP contribution in [0.25, 0.3) is 0 Å². The molecule has 0 aliphatic carbocycles. The van der Waals surface area contributed by atoms with E-state index in [4.69, 9.17) is 22.1 Å². The van der Waals surface area contributed by atoms with Crippen LogP contribution in [-0.4, -0.2) is 12.1 Å². The van der Waals surface area contributed by atoms with Gasteiger partial charge in [-0.05, 0) is 36.2 Å². The van der Waals surface area contributed by atoms with Gasteiger partial charge >= 0.3 is 0 Å². The molecule has 0 amide bonds. The van der Waals surface area contributed by atoms with Crippen LogP contribution in [0.3, 0.4) is 0 Å². The minimum absolute atomic E-state index is 0.224. The highest BCUT2D eigenvalue weighted by atomic mass is 35.5. The first kappa shape index (κ1) is 13.8. The molecule has 0 bridgehead atoms. The molecule has 3 nitrogen and oxygen atoms in total. The van der Waals surface area contributed by atoms with E-state index in [1.807, 2.05) is 0 Å². The predicted molar refractivity (Wildman–Crippen MR) is 72.8 cm³/mol. The smallest absolute Gasteiger partial charge is 0.165 e. The minimum Gasteiger partial charge on any atom is -0.494 e. The highest BCUT2D eigenvalue weighted by Crippen LogP contribution is 2.21. The van der Waals surface area contributed by atoms with Crippen molar-refractivity contribution in [1.82, 2.24) is 4.98 Å². The summed E-state index contributed by atoms with van der Waals surface area (Å²) >= 11 is 5.76. The fraction of sp³-hybridized carbons (Fsp3) is 0.214. The van der Waals surface area contributed by atoms with Crippen LogP contribution in [0.5, 0.6) is 5.75 Å². The number of ether oxygens (including phenoxy) is 1. The Morgan fingerprint density at radius 2 is 2.16 bits per heavy atom. The normalized spacial score (nSPS) is 12.2. The molecule has 1 aromatic heterocycles. The van der Waals surface area contributed by atoms with Crippen LogP contribution in [0.4, 0.5) is 4.39 Å². The zero-order chi connectivity index (χ0) is 13.8. The van der Waals surface area contributed by atoms with Crippen molar-refractivity contribution in [2.45, 2.75) is 12.5 Å². The molecule has 0 saturated heterocycles. The molecule has 0 radical (unpaired) electrons. The summed E-state index contributed by atoms with van der Waals surface area (Å²) < 4.78 is 18.4. The van der Waals surface area contributed by atoms with E-state index in [1.54, 1.807) is 30.5 Å². The lowest BCUT2D eigenvalue weighted by atomic mass is 10.0. The summed E-state index contributed by atoms with van der Waals surface area (Å²) in [5, 5.41) is 0.562. The maximum atomic E-state index is 13.6. The monoisotopic (exact) mass is 280 g/mol. The van der Waals surface area contributed by atoms with E-state index in [-0.39, 0.29) is 11.8 Å². The van der Waals surface area contributed by atoms with Crippen LogP contribution in [0.1, 0.15) is 17.3 Å². The zero-order valence-electron chi connectivity index (χ0n) is 10.4. The van der Waals surface area contributed by atoms with Crippen molar-refractivity contribution in [2.24, 2.45) is 5.73 Å². The highest BCUT2D eigenvalue weighted by molar-refractivity contribution is 6.30. The molecule has 100 valence electrons. The van der Waals surface area contributed by atoms with Gasteiger partial charge in [-0.1, -0.05) is 17.7 Å². The largest absolute Gasteiger partial charge is 0.494 e. The van der Waals surface area contributed by atoms with Gasteiger partial charge in [0.2, 0.25) is 0 Å². The molecular weight excluding hydrogens is 267 g/mol. The van der Waals surface area contributed by atoms with Gasteiger partial charge in [0.15, 0.2) is 11.6 Å². The number of aromatic nitrogens is 1. The number of nitrogens with two attached hydrogens (primary N) is 1. The quantitative estimate of drug-likeness (QED) is 0.936. The summed E-state index contributed by atoms with van der Waals surface area (Å²) in [6.45, 7) is 0. The zero-order valence-corrected chi connectivity index (χ0v) is 11.2. The van der Waals surface area contributed by atoms with Gasteiger partial charge in [0.25, 0.3) is 0 Å². The summed E-state index contributed by atoms with van der Waals surface area (Å²) in [6, 6.07) is 8.01. The van der Waals surface area contributed by atoms with Crippen molar-refractivity contribution < 1.29 is 9.13 Å². The van der Waals surface area contributed by atoms with E-state index < -0.39 is 5.82 Å². The average molecular weight is 281 g/mol. The number of methoxy groups -OCH3 is 1. The molecule has 0 fully saturated rings. The highest BCUT2D eigenvalue weighted by Gasteiger charge is 2.10. The molecule has 1 atom stereocenters. The van der Waals surface area contributed by atoms with E-state index in [9.17, 15) is 4.39 Å². The van der Waals surface area contributed by atoms with Gasteiger partial charge in [-0.15, -0.1) is 0 Å². The summed E-state index contributed by atoms with van der Waals surface area (Å²) in [5.74, 6) is -0.168. The topological polar surface area (TPSA) is 48.1 Å². The first-order valence-corrected chi connectivity index (χ1v) is 6.17. The summed E-state index contributed by atoms with van der Waals surface area (Å²) in [7, 11) is 1.43. The number of hydrogen-bond acceptors (Lipinski definition) is 3. The van der Waals surface area contributed by atoms with Gasteiger partial charge in [0.05, 0.1) is 23.9 Å². The van der Waals surface area contributed by atoms with Crippen molar-refractivity contribution in [1.29, 1.82) is 0 Å². The summed E-state index contributed by atoms with van der Waals surface area (Å²) in [5.41, 5.74) is 7.56. The Bertz CT molecular complexity index is 560. The number of pyridine rings is 1. The van der Waals surface area contributed by atoms with Crippen LogP contribution >= 0.6 is 11.6 Å². The van der Waals surface area contributed by atoms with Crippen LogP contribution in [0.2, 0.25) is 5.02 Å². The molecule has 2 rings (SSSR count). The van der Waals surface area contributed by atoms with E-state index in [0.29, 0.717) is 11.4 Å². The first-order chi connectivity index (χ1) is 9.10. The Morgan fingerprint density at radius 1 is 1.37 bits per heavy atom. The predicted octanol–water partition coefficient (Wildman–Crippen LogP) is 3.13. The van der Waals surface area contributed by atoms with E-state index in [0.717, 1.165) is 11.3 Å². The molecular formula is C14H14ClFN2O. The van der Waals surface area contributed by atoms with Crippen LogP contribution in [0.15, 0.2) is 36.5 Å². The number of benzene rings is 1. The van der Waals surface area contributed by atoms with Crippen molar-refractivity contribution in [2.75, 3.05) is 7.11 Å². The second kappa shape index (κ2) is 5.99. The number of halogens is 2. The molecule has 5 heteroatoms. The van der Waals surface area contributed by atoms with Gasteiger partial charge < -0.3 is 10.5 Å². The first-order valence-electron chi connectivity index (χ1n) is 5.79. The van der Waals surface area contributed by atoms with E-state index >= 15 is 0 Å². The molecule has 0 saturated carbocycles. The average Bonchev–Trinajstić information content (AvgIpc) is 2.39. The lowest BCUT2D eigenvalue weighted by molar-refractivity contribution is 0.386. The van der Waals surface area contributed by atoms with Crippen LogP contribution in [-0.2, 0) is 6.42 Å². The fourth-order valence-corrected chi connectivity index (χ4v) is 1.91. The number of hydrogen-bond donors (Lipinski definition) is 1. The Morgan fingerprint density at radius 3 is 2.74 bits per heavy atom. The minimum atomic E-state index is -0.392. The Kier molecular flexibility index (Phi) is 4.35. The van der Waals surface area contributed by atoms with Gasteiger partial charge in [-0.3, -0.25) is 4.98 Å². The van der Waals surface area contributed by atoms with E-state index in [2.05, 4.69) is 4.98 Å². The molecule has 19 heavy (non-hydrogen) atoms. The maximum Gasteiger partial charge on any atom is 0.165 e. The second-order valence-corrected chi connectivity index (χ2v) is 4.62. The van der Waals surface area contributed by atoms with Crippen molar-refractivity contribution in [3.05, 3.63) is 58.6 Å². The van der Waals surface area contributed by atoms with Crippen LogP contribution in [0, 0.1) is 5.82 Å². The van der Waals surface area contributed by atoms with Gasteiger partial charge in [-0.25, -0.2) is 4.39 Å². The van der Waals surface area contributed by atoms with Gasteiger partial charge in [-0.2, -0.15) is 0 Å². The molecule has 0 spiro atoms. The Balaban J connectivity index is 2.12. The molecule has 2 N–H and O–H groups in total. The molecule has 0 aliphatic heterocycles. The number of nitrogens with zero attached hydrogens (tertiary/aromatic N) is 1. The maximum absolute atomic E-state index is 13.6. The fourth-order valence-electron chi connectivity index (χ4n) is 1.80. The Labute approximate surface area is 116 Å². The van der Waals surface area contributed by atoms with Crippen LogP contribution < -0.4 is 10.5 Å². The SMILES string of the molecule is COc1ccc(CC(N)c2ccc(Cl)cn2)cc1F. The Hall–Kier alpha value is -1.65. The lowest BCUT2D eigenvalue weighted by Crippen LogP contribution is -2.14. The summed E-state index contributed by atoms with van der Waals surface area (Å²) in [6.07, 6.45) is 2.04. The molecule has 1 heterocycles. The third-order valence-corrected chi connectivity index (χ3v) is 3.03. The number of rotatable bonds is 4. The van der Waals surface area contributed by atoms with Crippen molar-refractivity contribution >= 4 is 11.6 Å². The molecule has 0 aliphatic rings. The standard InChI is InChI=1S/C14H14ClFN2O/c1-19-14-5-2-9(6-11(14)16)7-12(17)13-4-3-10(15)8-18-13/h2-6,8,12H,7,17H2,1H3. The molecule has 2 aromatic rings. The third kappa shape index (κ3) is 3.43. The van der Waals surface area contributed by atoms with Gasteiger partial charge in [0, 0.05) is 6.20 Å².